The van der Waals surface area contributed by atoms with Crippen LogP contribution in [0.15, 0.2) is 54.6 Å². The Balaban J connectivity index is 1.75. The van der Waals surface area contributed by atoms with Gasteiger partial charge in [-0.2, -0.15) is 13.2 Å². The molecule has 0 heterocycles. The van der Waals surface area contributed by atoms with E-state index in [9.17, 15) is 22.4 Å². The number of carbonyl (C=O) groups is 1. The second-order valence-electron chi connectivity index (χ2n) is 5.42. The van der Waals surface area contributed by atoms with Gasteiger partial charge in [-0.1, -0.05) is 48.6 Å². The maximum atomic E-state index is 13.2. The van der Waals surface area contributed by atoms with Crippen LogP contribution < -0.4 is 5.32 Å². The van der Waals surface area contributed by atoms with Gasteiger partial charge in [0.2, 0.25) is 0 Å². The molecule has 1 N–H and O–H groups in total. The van der Waals surface area contributed by atoms with Gasteiger partial charge in [0.05, 0.1) is 5.56 Å². The predicted molar refractivity (Wildman–Crippen MR) is 89.7 cm³/mol. The topological polar surface area (TPSA) is 38.3 Å². The minimum absolute atomic E-state index is 0.151. The third-order valence-corrected chi connectivity index (χ3v) is 3.40. The van der Waals surface area contributed by atoms with Crippen LogP contribution in [-0.4, -0.2) is 12.6 Å². The summed E-state index contributed by atoms with van der Waals surface area (Å²) in [6, 6.07) is 12.0. The van der Waals surface area contributed by atoms with E-state index in [1.54, 1.807) is 6.08 Å². The van der Waals surface area contributed by atoms with Crippen molar-refractivity contribution >= 4 is 12.2 Å². The van der Waals surface area contributed by atoms with Crippen molar-refractivity contribution in [1.29, 1.82) is 0 Å². The molecule has 0 saturated carbocycles. The summed E-state index contributed by atoms with van der Waals surface area (Å²) in [4.78, 5) is 11.5. The molecule has 0 aliphatic rings. The van der Waals surface area contributed by atoms with Crippen molar-refractivity contribution in [2.45, 2.75) is 19.2 Å². The van der Waals surface area contributed by atoms with Gasteiger partial charge in [0.15, 0.2) is 0 Å². The average Bonchev–Trinajstić information content (AvgIpc) is 2.61. The maximum absolute atomic E-state index is 13.2. The normalized spacial score (nSPS) is 11.5. The second kappa shape index (κ2) is 9.03. The fourth-order valence-corrected chi connectivity index (χ4v) is 2.11. The van der Waals surface area contributed by atoms with E-state index in [0.717, 1.165) is 17.7 Å². The molecule has 0 aliphatic carbocycles. The van der Waals surface area contributed by atoms with Crippen LogP contribution >= 0.6 is 0 Å². The average molecular weight is 367 g/mol. The van der Waals surface area contributed by atoms with Crippen molar-refractivity contribution in [2.24, 2.45) is 0 Å². The van der Waals surface area contributed by atoms with Crippen molar-refractivity contribution in [3.8, 4) is 0 Å². The molecule has 0 spiro atoms. The highest BCUT2D eigenvalue weighted by Gasteiger charge is 2.33. The molecule has 0 atom stereocenters. The molecule has 0 radical (unpaired) electrons. The second-order valence-corrected chi connectivity index (χ2v) is 5.42. The molecule has 2 aromatic rings. The SMILES string of the molecule is O=C(NCCC=Cc1ccc(F)c(C(F)(F)F)c1)OCc1ccccc1. The van der Waals surface area contributed by atoms with E-state index < -0.39 is 23.7 Å². The summed E-state index contributed by atoms with van der Waals surface area (Å²) in [6.45, 7) is 0.412. The Morgan fingerprint density at radius 3 is 2.54 bits per heavy atom. The van der Waals surface area contributed by atoms with Crippen molar-refractivity contribution in [1.82, 2.24) is 5.32 Å². The van der Waals surface area contributed by atoms with Gasteiger partial charge in [-0.25, -0.2) is 9.18 Å². The van der Waals surface area contributed by atoms with Crippen LogP contribution in [0.4, 0.5) is 22.4 Å². The molecular formula is C19H17F4NO2. The number of hydrogen-bond acceptors (Lipinski definition) is 2. The number of nitrogens with one attached hydrogen (secondary N) is 1. The summed E-state index contributed by atoms with van der Waals surface area (Å²) < 4.78 is 56.1. The molecule has 0 fully saturated rings. The smallest absolute Gasteiger partial charge is 0.419 e. The molecule has 26 heavy (non-hydrogen) atoms. The number of ether oxygens (including phenoxy) is 1. The Hall–Kier alpha value is -2.83. The van der Waals surface area contributed by atoms with Crippen LogP contribution in [-0.2, 0) is 17.5 Å². The summed E-state index contributed by atoms with van der Waals surface area (Å²) in [5.74, 6) is -1.31. The van der Waals surface area contributed by atoms with Crippen molar-refractivity contribution in [2.75, 3.05) is 6.54 Å². The molecule has 0 bridgehead atoms. The summed E-state index contributed by atoms with van der Waals surface area (Å²) >= 11 is 0. The van der Waals surface area contributed by atoms with E-state index in [1.807, 2.05) is 30.3 Å². The summed E-state index contributed by atoms with van der Waals surface area (Å²) in [5.41, 5.74) is -0.216. The fourth-order valence-electron chi connectivity index (χ4n) is 2.11. The van der Waals surface area contributed by atoms with Crippen LogP contribution in [0.3, 0.4) is 0 Å². The Morgan fingerprint density at radius 1 is 1.12 bits per heavy atom. The Morgan fingerprint density at radius 2 is 1.85 bits per heavy atom. The number of alkyl halides is 3. The zero-order valence-corrected chi connectivity index (χ0v) is 13.7. The van der Waals surface area contributed by atoms with Crippen LogP contribution in [0, 0.1) is 5.82 Å². The van der Waals surface area contributed by atoms with Gasteiger partial charge in [0.1, 0.15) is 12.4 Å². The fraction of sp³-hybridized carbons (Fsp3) is 0.211. The molecule has 2 rings (SSSR count). The summed E-state index contributed by atoms with van der Waals surface area (Å²) in [6.07, 6.45) is -1.91. The first-order valence-corrected chi connectivity index (χ1v) is 7.84. The maximum Gasteiger partial charge on any atom is 0.419 e. The van der Waals surface area contributed by atoms with E-state index in [2.05, 4.69) is 5.32 Å². The van der Waals surface area contributed by atoms with Crippen LogP contribution in [0.2, 0.25) is 0 Å². The molecule has 3 nitrogen and oxygen atoms in total. The van der Waals surface area contributed by atoms with Gasteiger partial charge < -0.3 is 10.1 Å². The van der Waals surface area contributed by atoms with Gasteiger partial charge in [-0.15, -0.1) is 0 Å². The van der Waals surface area contributed by atoms with E-state index in [4.69, 9.17) is 4.74 Å². The van der Waals surface area contributed by atoms with E-state index in [-0.39, 0.29) is 18.7 Å². The Kier molecular flexibility index (Phi) is 6.77. The first-order chi connectivity index (χ1) is 12.4. The monoisotopic (exact) mass is 367 g/mol. The standard InChI is InChI=1S/C19H17F4NO2/c20-17-10-9-14(12-16(17)19(21,22)23)6-4-5-11-24-18(25)26-13-15-7-2-1-3-8-15/h1-4,6-10,12H,5,11,13H2,(H,24,25). The number of rotatable bonds is 6. The lowest BCUT2D eigenvalue weighted by Gasteiger charge is -2.08. The number of carbonyl (C=O) groups excluding carboxylic acids is 1. The molecule has 1 amide bonds. The first-order valence-electron chi connectivity index (χ1n) is 7.84. The minimum atomic E-state index is -4.74. The Bertz CT molecular complexity index is 758. The van der Waals surface area contributed by atoms with Crippen LogP contribution in [0.5, 0.6) is 0 Å². The zero-order chi connectivity index (χ0) is 19.0. The quantitative estimate of drug-likeness (QED) is 0.565. The third kappa shape index (κ3) is 6.23. The van der Waals surface area contributed by atoms with Gasteiger partial charge in [-0.3, -0.25) is 0 Å². The van der Waals surface area contributed by atoms with Gasteiger partial charge >= 0.3 is 12.3 Å². The first kappa shape index (κ1) is 19.5. The van der Waals surface area contributed by atoms with Crippen molar-refractivity contribution in [3.05, 3.63) is 77.1 Å². The highest BCUT2D eigenvalue weighted by Crippen LogP contribution is 2.32. The number of amides is 1. The van der Waals surface area contributed by atoms with Gasteiger partial charge in [0.25, 0.3) is 0 Å². The third-order valence-electron chi connectivity index (χ3n) is 3.40. The van der Waals surface area contributed by atoms with E-state index in [1.165, 1.54) is 12.1 Å². The number of benzene rings is 2. The highest BCUT2D eigenvalue weighted by molar-refractivity contribution is 5.67. The van der Waals surface area contributed by atoms with Gasteiger partial charge in [0, 0.05) is 6.54 Å². The molecule has 138 valence electrons. The molecule has 0 saturated heterocycles. The number of halogens is 4. The molecule has 0 aromatic heterocycles. The number of alkyl carbamates (subject to hydrolysis) is 1. The molecule has 7 heteroatoms. The minimum Gasteiger partial charge on any atom is -0.445 e. The van der Waals surface area contributed by atoms with Crippen molar-refractivity contribution < 1.29 is 27.1 Å². The highest BCUT2D eigenvalue weighted by atomic mass is 19.4. The lowest BCUT2D eigenvalue weighted by atomic mass is 10.1. The summed E-state index contributed by atoms with van der Waals surface area (Å²) in [5, 5.41) is 2.53. The summed E-state index contributed by atoms with van der Waals surface area (Å²) in [7, 11) is 0. The van der Waals surface area contributed by atoms with E-state index in [0.29, 0.717) is 6.42 Å². The lowest BCUT2D eigenvalue weighted by Crippen LogP contribution is -2.24. The molecule has 0 unspecified atom stereocenters. The molecular weight excluding hydrogens is 350 g/mol. The lowest BCUT2D eigenvalue weighted by molar-refractivity contribution is -0.140. The Labute approximate surface area is 148 Å². The zero-order valence-electron chi connectivity index (χ0n) is 13.7. The van der Waals surface area contributed by atoms with Crippen LogP contribution in [0.1, 0.15) is 23.1 Å². The molecule has 2 aromatic carbocycles. The number of hydrogen-bond donors (Lipinski definition) is 1. The van der Waals surface area contributed by atoms with Gasteiger partial charge in [-0.05, 0) is 29.7 Å². The van der Waals surface area contributed by atoms with Crippen molar-refractivity contribution in [3.63, 3.8) is 0 Å². The van der Waals surface area contributed by atoms with E-state index >= 15 is 0 Å². The van der Waals surface area contributed by atoms with Crippen LogP contribution in [0.25, 0.3) is 6.08 Å². The molecule has 0 aliphatic heterocycles. The largest absolute Gasteiger partial charge is 0.445 e. The predicted octanol–water partition coefficient (Wildman–Crippen LogP) is 5.17.